The highest BCUT2D eigenvalue weighted by Gasteiger charge is 2.03. The van der Waals surface area contributed by atoms with Gasteiger partial charge >= 0.3 is 0 Å². The zero-order chi connectivity index (χ0) is 18.1. The first-order chi connectivity index (χ1) is 12.1. The summed E-state index contributed by atoms with van der Waals surface area (Å²) in [5.41, 5.74) is 3.04. The van der Waals surface area contributed by atoms with Crippen LogP contribution in [-0.2, 0) is 4.74 Å². The van der Waals surface area contributed by atoms with Crippen molar-refractivity contribution in [2.24, 2.45) is 0 Å². The normalized spacial score (nSPS) is 12.4. The Morgan fingerprint density at radius 3 is 2.44 bits per heavy atom. The van der Waals surface area contributed by atoms with Crippen LogP contribution in [0.2, 0.25) is 0 Å². The minimum atomic E-state index is -0.819. The summed E-state index contributed by atoms with van der Waals surface area (Å²) >= 11 is 0. The molecule has 0 aliphatic rings. The summed E-state index contributed by atoms with van der Waals surface area (Å²) in [5.74, 6) is 0.0133. The van der Waals surface area contributed by atoms with E-state index in [1.807, 2.05) is 43.5 Å². The predicted octanol–water partition coefficient (Wildman–Crippen LogP) is 1.76. The number of likely N-dealkylation sites (N-methyl/N-ethyl adjacent to an activating group) is 1. The Labute approximate surface area is 147 Å². The van der Waals surface area contributed by atoms with E-state index < -0.39 is 6.10 Å². The van der Waals surface area contributed by atoms with Gasteiger partial charge in [-0.3, -0.25) is 0 Å². The molecular weight excluding hydrogens is 320 g/mol. The first-order valence-electron chi connectivity index (χ1n) is 8.09. The summed E-state index contributed by atoms with van der Waals surface area (Å²) in [6.07, 6.45) is 4.71. The Hall–Kier alpha value is -2.41. The molecule has 1 atom stereocenters. The lowest BCUT2D eigenvalue weighted by atomic mass is 10.1. The standard InChI is InChI=1S/C19H24N2O4/c1-21(10-11-25-14-18(23)13-22)17-7-4-15(5-8-17)2-3-16-6-9-19(24)20-12-16/h2-9,12,18,22-23H,10-11,13-14H2,1H3,(H,20,24)/b3-2+. The second-order valence-electron chi connectivity index (χ2n) is 5.71. The van der Waals surface area contributed by atoms with Crippen molar-refractivity contribution in [3.8, 4) is 5.88 Å². The van der Waals surface area contributed by atoms with Gasteiger partial charge in [-0.15, -0.1) is 0 Å². The maximum atomic E-state index is 9.21. The van der Waals surface area contributed by atoms with Crippen LogP contribution in [0.15, 0.2) is 42.6 Å². The van der Waals surface area contributed by atoms with Crippen molar-refractivity contribution in [2.75, 3.05) is 38.3 Å². The van der Waals surface area contributed by atoms with Gasteiger partial charge in [0, 0.05) is 31.5 Å². The highest BCUT2D eigenvalue weighted by Crippen LogP contribution is 2.16. The van der Waals surface area contributed by atoms with Crippen LogP contribution in [0.3, 0.4) is 0 Å². The Kier molecular flexibility index (Phi) is 7.40. The zero-order valence-electron chi connectivity index (χ0n) is 14.2. The van der Waals surface area contributed by atoms with Crippen LogP contribution in [0, 0.1) is 0 Å². The molecular formula is C19H24N2O4. The minimum Gasteiger partial charge on any atom is -0.493 e. The van der Waals surface area contributed by atoms with E-state index in [2.05, 4.69) is 9.88 Å². The van der Waals surface area contributed by atoms with E-state index in [0.717, 1.165) is 16.8 Å². The molecule has 6 nitrogen and oxygen atoms in total. The molecule has 6 heteroatoms. The molecule has 0 fully saturated rings. The smallest absolute Gasteiger partial charge is 0.210 e. The Bertz CT molecular complexity index is 656. The van der Waals surface area contributed by atoms with Gasteiger partial charge in [-0.2, -0.15) is 0 Å². The van der Waals surface area contributed by atoms with E-state index in [9.17, 15) is 5.11 Å². The fourth-order valence-corrected chi connectivity index (χ4v) is 2.13. The van der Waals surface area contributed by atoms with E-state index in [0.29, 0.717) is 13.2 Å². The second-order valence-corrected chi connectivity index (χ2v) is 5.71. The Morgan fingerprint density at radius 1 is 1.12 bits per heavy atom. The third-order valence-electron chi connectivity index (χ3n) is 3.66. The number of hydrogen-bond acceptors (Lipinski definition) is 6. The van der Waals surface area contributed by atoms with E-state index >= 15 is 0 Å². The molecule has 0 amide bonds. The number of rotatable bonds is 9. The van der Waals surface area contributed by atoms with Gasteiger partial charge in [-0.1, -0.05) is 24.3 Å². The van der Waals surface area contributed by atoms with Crippen molar-refractivity contribution in [1.82, 2.24) is 4.98 Å². The maximum absolute atomic E-state index is 9.21. The molecule has 0 aliphatic heterocycles. The summed E-state index contributed by atoms with van der Waals surface area (Å²) in [7, 11) is 1.97. The lowest BCUT2D eigenvalue weighted by molar-refractivity contribution is 0.00857. The van der Waals surface area contributed by atoms with Gasteiger partial charge in [0.05, 0.1) is 19.8 Å². The molecule has 0 bridgehead atoms. The first kappa shape index (κ1) is 18.9. The maximum Gasteiger partial charge on any atom is 0.210 e. The molecule has 0 saturated heterocycles. The monoisotopic (exact) mass is 344 g/mol. The Balaban J connectivity index is 1.83. The topological polar surface area (TPSA) is 86.1 Å². The number of ether oxygens (including phenoxy) is 1. The van der Waals surface area contributed by atoms with Crippen LogP contribution >= 0.6 is 0 Å². The van der Waals surface area contributed by atoms with Gasteiger partial charge < -0.3 is 25.0 Å². The van der Waals surface area contributed by atoms with Crippen LogP contribution in [-0.4, -0.2) is 59.8 Å². The van der Waals surface area contributed by atoms with E-state index in [1.54, 1.807) is 18.3 Å². The molecule has 2 aromatic rings. The van der Waals surface area contributed by atoms with Crippen molar-refractivity contribution in [1.29, 1.82) is 0 Å². The highest BCUT2D eigenvalue weighted by molar-refractivity contribution is 5.70. The van der Waals surface area contributed by atoms with Crippen molar-refractivity contribution in [3.63, 3.8) is 0 Å². The molecule has 25 heavy (non-hydrogen) atoms. The molecule has 0 spiro atoms. The Morgan fingerprint density at radius 2 is 1.80 bits per heavy atom. The van der Waals surface area contributed by atoms with Crippen LogP contribution in [0.5, 0.6) is 5.88 Å². The zero-order valence-corrected chi connectivity index (χ0v) is 14.2. The molecule has 1 unspecified atom stereocenters. The van der Waals surface area contributed by atoms with Crippen molar-refractivity contribution in [3.05, 3.63) is 53.7 Å². The van der Waals surface area contributed by atoms with Gasteiger partial charge in [0.1, 0.15) is 6.10 Å². The molecule has 1 aromatic heterocycles. The largest absolute Gasteiger partial charge is 0.493 e. The number of pyridine rings is 1. The van der Waals surface area contributed by atoms with Crippen molar-refractivity contribution < 1.29 is 20.1 Å². The fourth-order valence-electron chi connectivity index (χ4n) is 2.13. The number of aliphatic hydroxyl groups excluding tert-OH is 2. The minimum absolute atomic E-state index is 0.0133. The number of aromatic nitrogens is 1. The number of benzene rings is 1. The summed E-state index contributed by atoms with van der Waals surface area (Å²) in [6.45, 7) is 1.01. The SMILES string of the molecule is CN(CCOCC(O)CO)c1ccc(/C=C/c2ccc(O)nc2)cc1. The lowest BCUT2D eigenvalue weighted by Crippen LogP contribution is -2.26. The summed E-state index contributed by atoms with van der Waals surface area (Å²) < 4.78 is 5.31. The van der Waals surface area contributed by atoms with Crippen LogP contribution in [0.1, 0.15) is 11.1 Å². The molecule has 2 rings (SSSR count). The molecule has 1 heterocycles. The highest BCUT2D eigenvalue weighted by atomic mass is 16.5. The number of anilines is 1. The van der Waals surface area contributed by atoms with Gasteiger partial charge in [0.15, 0.2) is 0 Å². The van der Waals surface area contributed by atoms with Crippen LogP contribution in [0.25, 0.3) is 12.2 Å². The molecule has 3 N–H and O–H groups in total. The average molecular weight is 344 g/mol. The molecule has 0 saturated carbocycles. The lowest BCUT2D eigenvalue weighted by Gasteiger charge is -2.19. The molecule has 0 radical (unpaired) electrons. The quantitative estimate of drug-likeness (QED) is 0.601. The first-order valence-corrected chi connectivity index (χ1v) is 8.09. The fraction of sp³-hybridized carbons (Fsp3) is 0.316. The van der Waals surface area contributed by atoms with Crippen LogP contribution < -0.4 is 4.90 Å². The van der Waals surface area contributed by atoms with E-state index in [1.165, 1.54) is 0 Å². The van der Waals surface area contributed by atoms with E-state index in [-0.39, 0.29) is 19.1 Å². The molecule has 0 aliphatic carbocycles. The molecule has 134 valence electrons. The van der Waals surface area contributed by atoms with E-state index in [4.69, 9.17) is 14.9 Å². The second kappa shape index (κ2) is 9.78. The van der Waals surface area contributed by atoms with Gasteiger partial charge in [-0.05, 0) is 29.3 Å². The summed E-state index contributed by atoms with van der Waals surface area (Å²) in [6, 6.07) is 11.4. The van der Waals surface area contributed by atoms with Crippen molar-refractivity contribution in [2.45, 2.75) is 6.10 Å². The average Bonchev–Trinajstić information content (AvgIpc) is 2.64. The van der Waals surface area contributed by atoms with Gasteiger partial charge in [0.25, 0.3) is 0 Å². The predicted molar refractivity (Wildman–Crippen MR) is 98.5 cm³/mol. The number of hydrogen-bond donors (Lipinski definition) is 3. The summed E-state index contributed by atoms with van der Waals surface area (Å²) in [4.78, 5) is 5.90. The third kappa shape index (κ3) is 6.54. The summed E-state index contributed by atoms with van der Waals surface area (Å²) in [5, 5.41) is 27.1. The van der Waals surface area contributed by atoms with Gasteiger partial charge in [0.2, 0.25) is 5.88 Å². The van der Waals surface area contributed by atoms with Crippen molar-refractivity contribution >= 4 is 17.8 Å². The number of nitrogens with zero attached hydrogens (tertiary/aromatic N) is 2. The van der Waals surface area contributed by atoms with Crippen LogP contribution in [0.4, 0.5) is 5.69 Å². The molecule has 1 aromatic carbocycles. The van der Waals surface area contributed by atoms with Gasteiger partial charge in [-0.25, -0.2) is 4.98 Å². The third-order valence-corrected chi connectivity index (χ3v) is 3.66. The number of aliphatic hydroxyl groups is 2. The number of aromatic hydroxyl groups is 1.